The number of rotatable bonds is 47. The van der Waals surface area contributed by atoms with Crippen LogP contribution in [0.5, 0.6) is 0 Å². The van der Waals surface area contributed by atoms with E-state index in [1.807, 2.05) is 6.92 Å². The number of aliphatic carboxylic acids is 1. The lowest BCUT2D eigenvalue weighted by Crippen LogP contribution is -2.60. The number of carbonyl (C=O) groups excluding carboxylic acids is 2. The minimum atomic E-state index is -1.66. The van der Waals surface area contributed by atoms with Crippen molar-refractivity contribution in [3.8, 4) is 0 Å². The first-order valence-corrected chi connectivity index (χ1v) is 22.5. The summed E-state index contributed by atoms with van der Waals surface area (Å²) in [7, 11) is 0. The van der Waals surface area contributed by atoms with E-state index in [4.69, 9.17) is 74.2 Å². The zero-order valence-electron chi connectivity index (χ0n) is 39.3. The number of hydrogen-bond donors (Lipinski definition) is 8. The third-order valence-corrected chi connectivity index (χ3v) is 9.01. The third-order valence-electron chi connectivity index (χ3n) is 9.01. The van der Waals surface area contributed by atoms with Gasteiger partial charge in [-0.05, 0) is 12.5 Å². The topological polar surface area (TPSA) is 350 Å². The van der Waals surface area contributed by atoms with Gasteiger partial charge in [-0.15, -0.1) is 0 Å². The highest BCUT2D eigenvalue weighted by Crippen LogP contribution is 2.26. The van der Waals surface area contributed by atoms with E-state index in [0.717, 1.165) is 12.5 Å². The summed E-state index contributed by atoms with van der Waals surface area (Å²) in [6, 6.07) is -2.29. The fraction of sp³-hybridized carbons (Fsp3) is 0.854. The Labute approximate surface area is 393 Å². The maximum atomic E-state index is 12.7. The fourth-order valence-corrected chi connectivity index (χ4v) is 5.82. The molecule has 0 saturated carbocycles. The van der Waals surface area contributed by atoms with E-state index in [1.165, 1.54) is 6.92 Å². The Morgan fingerprint density at radius 3 is 1.55 bits per heavy atom. The fourth-order valence-electron chi connectivity index (χ4n) is 5.82. The molecule has 0 radical (unpaired) electrons. The van der Waals surface area contributed by atoms with Crippen LogP contribution in [0.2, 0.25) is 0 Å². The second kappa shape index (κ2) is 42.7. The van der Waals surface area contributed by atoms with Gasteiger partial charge in [-0.1, -0.05) is 6.92 Å². The molecule has 392 valence electrons. The van der Waals surface area contributed by atoms with Crippen molar-refractivity contribution in [2.24, 2.45) is 22.4 Å². The number of carboxylic acid groups (broad SMARTS) is 1. The van der Waals surface area contributed by atoms with Crippen LogP contribution in [0.15, 0.2) is 16.8 Å². The summed E-state index contributed by atoms with van der Waals surface area (Å²) in [6.07, 6.45) is -2.59. The average molecular weight is 974 g/mol. The number of carbonyl (C=O) groups is 3. The van der Waals surface area contributed by atoms with Gasteiger partial charge >= 0.3 is 5.97 Å². The molecule has 26 heteroatoms. The van der Waals surface area contributed by atoms with E-state index < -0.39 is 73.1 Å². The van der Waals surface area contributed by atoms with Crippen LogP contribution in [-0.2, 0) is 76.1 Å². The van der Waals surface area contributed by atoms with Crippen molar-refractivity contribution in [1.82, 2.24) is 15.5 Å². The summed E-state index contributed by atoms with van der Waals surface area (Å²) < 4.78 is 66.5. The van der Waals surface area contributed by atoms with Crippen molar-refractivity contribution in [1.29, 1.82) is 0 Å². The first kappa shape index (κ1) is 61.6. The van der Waals surface area contributed by atoms with Crippen molar-refractivity contribution in [3.63, 3.8) is 0 Å². The van der Waals surface area contributed by atoms with Crippen molar-refractivity contribution < 1.29 is 91.4 Å². The predicted molar refractivity (Wildman–Crippen MR) is 239 cm³/mol. The largest absolute Gasteiger partial charge is 0.478 e. The first-order valence-electron chi connectivity index (χ1n) is 22.5. The Kier molecular flexibility index (Phi) is 39.2. The normalized spacial score (nSPS) is 16.9. The number of guanidine groups is 1. The zero-order chi connectivity index (χ0) is 49.2. The molecule has 0 unspecified atom stereocenters. The number of nitrogens with one attached hydrogen (secondary N) is 2. The molecule has 0 saturated heterocycles. The van der Waals surface area contributed by atoms with Gasteiger partial charge in [0, 0.05) is 39.7 Å². The number of hydrogen-bond acceptors (Lipinski definition) is 21. The van der Waals surface area contributed by atoms with E-state index in [0.29, 0.717) is 152 Å². The van der Waals surface area contributed by atoms with Crippen molar-refractivity contribution in [2.75, 3.05) is 178 Å². The molecule has 1 aliphatic rings. The standard InChI is InChI=1S/C41H79N7O19/c1-3-8-55-10-5-48(7-12-57-13-14-58-15-16-59-17-18-60-19-20-61-21-22-62-23-24-63-25-26-64-27-28-66-44)6-11-56-9-4-45-36(52)31-65-38(34(51)30-49)39-37(46-32(2)50)33(47-41(42)43)29-35(67-39)40(53)54/h29,33-34,37-39,49,51H,3-28,30-31,44H2,1-2H3,(H,45,52)(H,46,50)(H,53,54)(H4,42,43,47)/t33-,34+,37+,38+,39+/m0/s1. The van der Waals surface area contributed by atoms with Gasteiger partial charge in [-0.2, -0.15) is 0 Å². The van der Waals surface area contributed by atoms with E-state index in [-0.39, 0.29) is 13.2 Å². The predicted octanol–water partition coefficient (Wildman–Crippen LogP) is -3.88. The minimum Gasteiger partial charge on any atom is -0.478 e. The van der Waals surface area contributed by atoms with E-state index in [9.17, 15) is 29.7 Å². The number of nitrogens with zero attached hydrogens (tertiary/aromatic N) is 2. The van der Waals surface area contributed by atoms with Crippen LogP contribution >= 0.6 is 0 Å². The molecule has 1 rings (SSSR count). The van der Waals surface area contributed by atoms with Gasteiger partial charge in [-0.25, -0.2) is 15.7 Å². The highest BCUT2D eigenvalue weighted by molar-refractivity contribution is 5.85. The number of aliphatic hydroxyl groups is 2. The molecule has 11 N–H and O–H groups in total. The molecule has 2 amide bonds. The molecular formula is C41H79N7O19. The number of ether oxygens (including phenoxy) is 12. The van der Waals surface area contributed by atoms with Crippen LogP contribution in [0, 0.1) is 0 Å². The van der Waals surface area contributed by atoms with Gasteiger partial charge in [0.2, 0.25) is 17.6 Å². The summed E-state index contributed by atoms with van der Waals surface area (Å²) in [5, 5.41) is 35.2. The molecule has 1 aliphatic heterocycles. The number of nitrogens with two attached hydrogens (primary N) is 3. The Balaban J connectivity index is 2.23. The van der Waals surface area contributed by atoms with Crippen LogP contribution < -0.4 is 28.0 Å². The summed E-state index contributed by atoms with van der Waals surface area (Å²) in [6.45, 7) is 13.2. The summed E-state index contributed by atoms with van der Waals surface area (Å²) in [5.74, 6) is 1.28. The zero-order valence-corrected chi connectivity index (χ0v) is 39.3. The van der Waals surface area contributed by atoms with Crippen LogP contribution in [-0.4, -0.2) is 252 Å². The quantitative estimate of drug-likeness (QED) is 0.0125. The molecule has 0 spiro atoms. The van der Waals surface area contributed by atoms with E-state index in [1.54, 1.807) is 0 Å². The third kappa shape index (κ3) is 33.7. The molecule has 0 aromatic carbocycles. The van der Waals surface area contributed by atoms with Crippen molar-refractivity contribution >= 4 is 23.7 Å². The van der Waals surface area contributed by atoms with Gasteiger partial charge in [0.25, 0.3) is 0 Å². The van der Waals surface area contributed by atoms with Crippen molar-refractivity contribution in [2.45, 2.75) is 50.7 Å². The number of aliphatic hydroxyl groups excluding tert-OH is 2. The number of carboxylic acids is 1. The second-order valence-electron chi connectivity index (χ2n) is 14.4. The highest BCUT2D eigenvalue weighted by atomic mass is 16.6. The summed E-state index contributed by atoms with van der Waals surface area (Å²) in [5.41, 5.74) is 11.1. The highest BCUT2D eigenvalue weighted by Gasteiger charge is 2.45. The van der Waals surface area contributed by atoms with Gasteiger partial charge < -0.3 is 99.1 Å². The monoisotopic (exact) mass is 974 g/mol. The lowest BCUT2D eigenvalue weighted by atomic mass is 9.92. The minimum absolute atomic E-state index is 0.126. The first-order chi connectivity index (χ1) is 32.5. The molecular weight excluding hydrogens is 894 g/mol. The van der Waals surface area contributed by atoms with Crippen LogP contribution in [0.3, 0.4) is 0 Å². The Hall–Kier alpha value is -3.42. The second-order valence-corrected chi connectivity index (χ2v) is 14.4. The van der Waals surface area contributed by atoms with Gasteiger partial charge in [0.1, 0.15) is 18.8 Å². The van der Waals surface area contributed by atoms with Gasteiger partial charge in [0.05, 0.1) is 151 Å². The Bertz CT molecular complexity index is 1310. The van der Waals surface area contributed by atoms with Gasteiger partial charge in [-0.3, -0.25) is 14.5 Å². The molecule has 0 bridgehead atoms. The van der Waals surface area contributed by atoms with Crippen molar-refractivity contribution in [3.05, 3.63) is 11.8 Å². The molecule has 0 fully saturated rings. The summed E-state index contributed by atoms with van der Waals surface area (Å²) >= 11 is 0. The molecule has 0 aromatic heterocycles. The van der Waals surface area contributed by atoms with Crippen LogP contribution in [0.1, 0.15) is 20.3 Å². The Morgan fingerprint density at radius 2 is 1.15 bits per heavy atom. The van der Waals surface area contributed by atoms with E-state index in [2.05, 4.69) is 25.4 Å². The smallest absolute Gasteiger partial charge is 0.370 e. The van der Waals surface area contributed by atoms with Gasteiger partial charge in [0.15, 0.2) is 12.1 Å². The lowest BCUT2D eigenvalue weighted by Gasteiger charge is -2.40. The lowest BCUT2D eigenvalue weighted by molar-refractivity contribution is -0.158. The molecule has 67 heavy (non-hydrogen) atoms. The maximum absolute atomic E-state index is 12.7. The number of aliphatic imine (C=N–C) groups is 1. The molecule has 0 aliphatic carbocycles. The Morgan fingerprint density at radius 1 is 0.716 bits per heavy atom. The molecule has 5 atom stereocenters. The van der Waals surface area contributed by atoms with Crippen LogP contribution in [0.25, 0.3) is 0 Å². The van der Waals surface area contributed by atoms with Crippen LogP contribution in [0.4, 0.5) is 0 Å². The SMILES string of the molecule is CCCOCCN(CCOCCNC(=O)CO[C@@H]([C@@H]1OC(C(=O)O)=C[C@H](N=C(N)N)[C@H]1NC(C)=O)[C@H](O)CO)CCOCCOCCOCCOCCOCCOCCOCCOCCON. The number of amides is 2. The van der Waals surface area contributed by atoms with E-state index >= 15 is 0 Å². The molecule has 1 heterocycles. The maximum Gasteiger partial charge on any atom is 0.370 e. The molecule has 0 aromatic rings. The summed E-state index contributed by atoms with van der Waals surface area (Å²) in [4.78, 5) is 47.1. The average Bonchev–Trinajstić information content (AvgIpc) is 3.30. The molecule has 26 nitrogen and oxygen atoms in total.